The lowest BCUT2D eigenvalue weighted by atomic mass is 9.89. The van der Waals surface area contributed by atoms with Crippen molar-refractivity contribution in [2.45, 2.75) is 38.1 Å². The summed E-state index contributed by atoms with van der Waals surface area (Å²) in [6.07, 6.45) is 4.23. The van der Waals surface area contributed by atoms with Crippen molar-refractivity contribution in [3.63, 3.8) is 0 Å². The minimum Gasteiger partial charge on any atom is -0.383 e. The Bertz CT molecular complexity index is 289. The van der Waals surface area contributed by atoms with E-state index in [0.29, 0.717) is 13.2 Å². The minimum atomic E-state index is -0.385. The van der Waals surface area contributed by atoms with E-state index in [4.69, 9.17) is 4.74 Å². The SMILES string of the molecule is COCCN(CCCN(C)C)C(=O)C1(C)CCCCN1. The summed E-state index contributed by atoms with van der Waals surface area (Å²) in [6.45, 7) is 6.07. The van der Waals surface area contributed by atoms with E-state index in [9.17, 15) is 4.79 Å². The summed E-state index contributed by atoms with van der Waals surface area (Å²) in [7, 11) is 5.81. The third-order valence-corrected chi connectivity index (χ3v) is 3.98. The molecule has 0 aromatic carbocycles. The van der Waals surface area contributed by atoms with Crippen LogP contribution in [0.2, 0.25) is 0 Å². The van der Waals surface area contributed by atoms with E-state index in [1.165, 1.54) is 6.42 Å². The molecule has 1 fully saturated rings. The largest absolute Gasteiger partial charge is 0.383 e. The maximum Gasteiger partial charge on any atom is 0.242 e. The van der Waals surface area contributed by atoms with Gasteiger partial charge in [0, 0.05) is 20.2 Å². The van der Waals surface area contributed by atoms with Crippen LogP contribution in [0.25, 0.3) is 0 Å². The predicted molar refractivity (Wildman–Crippen MR) is 81.9 cm³/mol. The zero-order chi connectivity index (χ0) is 15.0. The number of hydrogen-bond donors (Lipinski definition) is 1. The topological polar surface area (TPSA) is 44.8 Å². The molecule has 1 aliphatic heterocycles. The lowest BCUT2D eigenvalue weighted by Crippen LogP contribution is -2.58. The molecule has 0 aliphatic carbocycles. The smallest absolute Gasteiger partial charge is 0.242 e. The van der Waals surface area contributed by atoms with Crippen molar-refractivity contribution >= 4 is 5.91 Å². The summed E-state index contributed by atoms with van der Waals surface area (Å²) in [4.78, 5) is 16.9. The standard InChI is InChI=1S/C15H31N3O2/c1-15(8-5-6-9-16-15)14(19)18(12-13-20-4)11-7-10-17(2)3/h16H,5-13H2,1-4H3. The monoisotopic (exact) mass is 285 g/mol. The van der Waals surface area contributed by atoms with Gasteiger partial charge in [0.25, 0.3) is 0 Å². The molecular formula is C15H31N3O2. The zero-order valence-corrected chi connectivity index (χ0v) is 13.6. The minimum absolute atomic E-state index is 0.230. The number of rotatable bonds is 8. The number of nitrogens with zero attached hydrogens (tertiary/aromatic N) is 2. The van der Waals surface area contributed by atoms with Gasteiger partial charge in [-0.25, -0.2) is 0 Å². The first-order valence-corrected chi connectivity index (χ1v) is 7.67. The Morgan fingerprint density at radius 3 is 2.55 bits per heavy atom. The molecule has 0 aromatic rings. The van der Waals surface area contributed by atoms with Gasteiger partial charge in [-0.3, -0.25) is 4.79 Å². The van der Waals surface area contributed by atoms with Gasteiger partial charge >= 0.3 is 0 Å². The first-order chi connectivity index (χ1) is 9.49. The van der Waals surface area contributed by atoms with Gasteiger partial charge in [-0.1, -0.05) is 0 Å². The molecule has 0 radical (unpaired) electrons. The van der Waals surface area contributed by atoms with Crippen LogP contribution in [0.1, 0.15) is 32.6 Å². The number of nitrogens with one attached hydrogen (secondary N) is 1. The van der Waals surface area contributed by atoms with Gasteiger partial charge in [0.2, 0.25) is 5.91 Å². The number of piperidine rings is 1. The van der Waals surface area contributed by atoms with Crippen LogP contribution in [0.4, 0.5) is 0 Å². The molecular weight excluding hydrogens is 254 g/mol. The molecule has 0 aromatic heterocycles. The molecule has 0 saturated carbocycles. The van der Waals surface area contributed by atoms with Crippen molar-refractivity contribution in [3.8, 4) is 0 Å². The van der Waals surface area contributed by atoms with Crippen molar-refractivity contribution in [2.24, 2.45) is 0 Å². The van der Waals surface area contributed by atoms with Gasteiger partial charge in [-0.15, -0.1) is 0 Å². The number of hydrogen-bond acceptors (Lipinski definition) is 4. The van der Waals surface area contributed by atoms with Gasteiger partial charge < -0.3 is 19.9 Å². The summed E-state index contributed by atoms with van der Waals surface area (Å²) in [5.41, 5.74) is -0.385. The van der Waals surface area contributed by atoms with Gasteiger partial charge in [0.15, 0.2) is 0 Å². The molecule has 5 heteroatoms. The Morgan fingerprint density at radius 1 is 1.25 bits per heavy atom. The third-order valence-electron chi connectivity index (χ3n) is 3.98. The Balaban J connectivity index is 2.57. The summed E-state index contributed by atoms with van der Waals surface area (Å²) in [6, 6.07) is 0. The normalized spacial score (nSPS) is 23.1. The Kier molecular flexibility index (Phi) is 7.48. The van der Waals surface area contributed by atoms with Crippen molar-refractivity contribution in [2.75, 3.05) is 54.0 Å². The molecule has 1 heterocycles. The molecule has 1 saturated heterocycles. The molecule has 1 amide bonds. The van der Waals surface area contributed by atoms with Crippen LogP contribution in [0.15, 0.2) is 0 Å². The average Bonchev–Trinajstić information content (AvgIpc) is 2.42. The Morgan fingerprint density at radius 2 is 2.00 bits per heavy atom. The Labute approximate surface area is 123 Å². The molecule has 1 atom stereocenters. The number of methoxy groups -OCH3 is 1. The van der Waals surface area contributed by atoms with Crippen LogP contribution >= 0.6 is 0 Å². The van der Waals surface area contributed by atoms with Crippen LogP contribution in [0.3, 0.4) is 0 Å². The fourth-order valence-electron chi connectivity index (χ4n) is 2.68. The second-order valence-electron chi connectivity index (χ2n) is 6.16. The predicted octanol–water partition coefficient (Wildman–Crippen LogP) is 0.945. The molecule has 118 valence electrons. The third kappa shape index (κ3) is 5.38. The molecule has 1 N–H and O–H groups in total. The zero-order valence-electron chi connectivity index (χ0n) is 13.6. The van der Waals surface area contributed by atoms with Crippen LogP contribution < -0.4 is 5.32 Å². The van der Waals surface area contributed by atoms with E-state index in [2.05, 4.69) is 24.3 Å². The van der Waals surface area contributed by atoms with E-state index >= 15 is 0 Å². The maximum atomic E-state index is 12.8. The summed E-state index contributed by atoms with van der Waals surface area (Å²) < 4.78 is 5.15. The van der Waals surface area contributed by atoms with E-state index in [1.807, 2.05) is 11.8 Å². The van der Waals surface area contributed by atoms with Crippen LogP contribution in [-0.2, 0) is 9.53 Å². The van der Waals surface area contributed by atoms with Crippen LogP contribution in [0, 0.1) is 0 Å². The molecule has 0 spiro atoms. The highest BCUT2D eigenvalue weighted by Gasteiger charge is 2.37. The van der Waals surface area contributed by atoms with Crippen molar-refractivity contribution in [1.29, 1.82) is 0 Å². The maximum absolute atomic E-state index is 12.8. The summed E-state index contributed by atoms with van der Waals surface area (Å²) in [5, 5.41) is 3.41. The second-order valence-corrected chi connectivity index (χ2v) is 6.16. The molecule has 0 bridgehead atoms. The summed E-state index contributed by atoms with van der Waals surface area (Å²) in [5.74, 6) is 0.230. The molecule has 1 aliphatic rings. The molecule has 5 nitrogen and oxygen atoms in total. The van der Waals surface area contributed by atoms with E-state index in [0.717, 1.165) is 38.9 Å². The molecule has 20 heavy (non-hydrogen) atoms. The van der Waals surface area contributed by atoms with E-state index in [-0.39, 0.29) is 11.4 Å². The molecule has 1 rings (SSSR count). The van der Waals surface area contributed by atoms with Crippen LogP contribution in [-0.4, -0.2) is 75.2 Å². The number of amides is 1. The molecule has 1 unspecified atom stereocenters. The van der Waals surface area contributed by atoms with E-state index < -0.39 is 0 Å². The van der Waals surface area contributed by atoms with Crippen LogP contribution in [0.5, 0.6) is 0 Å². The average molecular weight is 285 g/mol. The lowest BCUT2D eigenvalue weighted by Gasteiger charge is -2.38. The van der Waals surface area contributed by atoms with Gasteiger partial charge in [0.05, 0.1) is 12.1 Å². The van der Waals surface area contributed by atoms with Gasteiger partial charge in [-0.2, -0.15) is 0 Å². The second kappa shape index (κ2) is 8.60. The highest BCUT2D eigenvalue weighted by atomic mass is 16.5. The first-order valence-electron chi connectivity index (χ1n) is 7.67. The highest BCUT2D eigenvalue weighted by Crippen LogP contribution is 2.21. The van der Waals surface area contributed by atoms with Crippen molar-refractivity contribution in [3.05, 3.63) is 0 Å². The highest BCUT2D eigenvalue weighted by molar-refractivity contribution is 5.86. The number of carbonyl (C=O) groups is 1. The first kappa shape index (κ1) is 17.4. The van der Waals surface area contributed by atoms with E-state index in [1.54, 1.807) is 7.11 Å². The number of ether oxygens (including phenoxy) is 1. The lowest BCUT2D eigenvalue weighted by molar-refractivity contribution is -0.139. The van der Waals surface area contributed by atoms with Gasteiger partial charge in [0.1, 0.15) is 0 Å². The Hall–Kier alpha value is -0.650. The van der Waals surface area contributed by atoms with Gasteiger partial charge in [-0.05, 0) is 59.8 Å². The fraction of sp³-hybridized carbons (Fsp3) is 0.933. The quantitative estimate of drug-likeness (QED) is 0.721. The number of carbonyl (C=O) groups excluding carboxylic acids is 1. The summed E-state index contributed by atoms with van der Waals surface area (Å²) >= 11 is 0. The fourth-order valence-corrected chi connectivity index (χ4v) is 2.68. The van der Waals surface area contributed by atoms with Crippen molar-refractivity contribution in [1.82, 2.24) is 15.1 Å². The van der Waals surface area contributed by atoms with Crippen molar-refractivity contribution < 1.29 is 9.53 Å².